The Bertz CT molecular complexity index is 356. The summed E-state index contributed by atoms with van der Waals surface area (Å²) in [4.78, 5) is 0. The minimum absolute atomic E-state index is 0.563. The third-order valence-corrected chi connectivity index (χ3v) is 2.42. The zero-order valence-corrected chi connectivity index (χ0v) is 9.30. The molecular weight excluding hydrogens is 168 g/mol. The summed E-state index contributed by atoms with van der Waals surface area (Å²) >= 11 is 0. The Morgan fingerprint density at radius 2 is 2.00 bits per heavy atom. The highest BCUT2D eigenvalue weighted by Gasteiger charge is 2.04. The fourth-order valence-corrected chi connectivity index (χ4v) is 1.50. The van der Waals surface area contributed by atoms with Crippen LogP contribution in [0.2, 0.25) is 0 Å². The van der Waals surface area contributed by atoms with Crippen LogP contribution in [0.3, 0.4) is 0 Å². The lowest BCUT2D eigenvalue weighted by molar-refractivity contribution is 0.866. The normalized spacial score (nSPS) is 10.3. The number of hydrogen-bond acceptors (Lipinski definition) is 0. The third kappa shape index (κ3) is 2.14. The summed E-state index contributed by atoms with van der Waals surface area (Å²) in [6.07, 6.45) is 1.90. The molecule has 0 heteroatoms. The second kappa shape index (κ2) is 4.28. The maximum absolute atomic E-state index is 3.96. The van der Waals surface area contributed by atoms with Crippen LogP contribution in [0.25, 0.3) is 11.6 Å². The smallest absolute Gasteiger partial charge is 0.0161 e. The fraction of sp³-hybridized carbons (Fsp3) is 0.286. The molecule has 0 saturated carbocycles. The first-order valence-corrected chi connectivity index (χ1v) is 4.98. The van der Waals surface area contributed by atoms with Gasteiger partial charge in [0.05, 0.1) is 0 Å². The largest absolute Gasteiger partial charge is 0.0984 e. The van der Waals surface area contributed by atoms with Crippen molar-refractivity contribution in [2.45, 2.75) is 26.7 Å². The van der Waals surface area contributed by atoms with Gasteiger partial charge in [0.2, 0.25) is 0 Å². The van der Waals surface area contributed by atoms with E-state index in [9.17, 15) is 0 Å². The van der Waals surface area contributed by atoms with Crippen LogP contribution in [0.15, 0.2) is 31.4 Å². The van der Waals surface area contributed by atoms with Crippen LogP contribution in [-0.2, 0) is 0 Å². The van der Waals surface area contributed by atoms with Crippen molar-refractivity contribution in [2.24, 2.45) is 0 Å². The van der Waals surface area contributed by atoms with E-state index in [4.69, 9.17) is 0 Å². The first-order valence-electron chi connectivity index (χ1n) is 4.98. The molecule has 0 aliphatic heterocycles. The molecular formula is C14H18. The number of benzene rings is 1. The van der Waals surface area contributed by atoms with Gasteiger partial charge in [-0.05, 0) is 29.5 Å². The van der Waals surface area contributed by atoms with E-state index in [1.807, 2.05) is 13.0 Å². The molecule has 0 heterocycles. The van der Waals surface area contributed by atoms with Crippen LogP contribution in [0.1, 0.15) is 43.4 Å². The third-order valence-electron chi connectivity index (χ3n) is 2.42. The van der Waals surface area contributed by atoms with E-state index in [-0.39, 0.29) is 0 Å². The summed E-state index contributed by atoms with van der Waals surface area (Å²) in [6.45, 7) is 14.2. The summed E-state index contributed by atoms with van der Waals surface area (Å²) in [5.74, 6) is 0.563. The summed E-state index contributed by atoms with van der Waals surface area (Å²) < 4.78 is 0. The molecule has 0 bridgehead atoms. The van der Waals surface area contributed by atoms with Gasteiger partial charge in [0.15, 0.2) is 0 Å². The number of hydrogen-bond donors (Lipinski definition) is 0. The standard InChI is InChI=1S/C14H18/c1-6-12-9-13(10(2)3)7-8-14(12)11(4)5/h6-10H,1,4H2,2-3,5H3. The highest BCUT2D eigenvalue weighted by Crippen LogP contribution is 2.23. The monoisotopic (exact) mass is 186 g/mol. The first-order chi connectivity index (χ1) is 6.56. The number of rotatable bonds is 3. The van der Waals surface area contributed by atoms with Crippen molar-refractivity contribution in [3.8, 4) is 0 Å². The molecule has 0 nitrogen and oxygen atoms in total. The number of allylic oxidation sites excluding steroid dienone is 1. The molecule has 0 N–H and O–H groups in total. The molecule has 1 rings (SSSR count). The second-order valence-corrected chi connectivity index (χ2v) is 3.99. The van der Waals surface area contributed by atoms with E-state index in [2.05, 4.69) is 45.2 Å². The van der Waals surface area contributed by atoms with Crippen LogP contribution in [0.4, 0.5) is 0 Å². The maximum Gasteiger partial charge on any atom is -0.0161 e. The molecule has 0 fully saturated rings. The van der Waals surface area contributed by atoms with Gasteiger partial charge < -0.3 is 0 Å². The Labute approximate surface area is 87.0 Å². The van der Waals surface area contributed by atoms with Crippen molar-refractivity contribution in [1.82, 2.24) is 0 Å². The van der Waals surface area contributed by atoms with E-state index < -0.39 is 0 Å². The Hall–Kier alpha value is -1.30. The maximum atomic E-state index is 3.96. The predicted octanol–water partition coefficient (Wildman–Crippen LogP) is 4.49. The molecule has 1 aromatic rings. The van der Waals surface area contributed by atoms with Crippen LogP contribution in [0.5, 0.6) is 0 Å². The van der Waals surface area contributed by atoms with Gasteiger partial charge in [-0.3, -0.25) is 0 Å². The Kier molecular flexibility index (Phi) is 3.29. The molecule has 74 valence electrons. The molecule has 0 amide bonds. The highest BCUT2D eigenvalue weighted by molar-refractivity contribution is 5.71. The molecule has 0 radical (unpaired) electrons. The van der Waals surface area contributed by atoms with E-state index in [1.54, 1.807) is 0 Å². The quantitative estimate of drug-likeness (QED) is 0.652. The predicted molar refractivity (Wildman–Crippen MR) is 65.3 cm³/mol. The van der Waals surface area contributed by atoms with Gasteiger partial charge in [0, 0.05) is 0 Å². The van der Waals surface area contributed by atoms with Gasteiger partial charge in [-0.15, -0.1) is 0 Å². The fourth-order valence-electron chi connectivity index (χ4n) is 1.50. The minimum Gasteiger partial charge on any atom is -0.0984 e. The van der Waals surface area contributed by atoms with E-state index in [0.29, 0.717) is 5.92 Å². The molecule has 0 aliphatic rings. The molecule has 0 atom stereocenters. The molecule has 14 heavy (non-hydrogen) atoms. The van der Waals surface area contributed by atoms with Crippen molar-refractivity contribution >= 4 is 11.6 Å². The van der Waals surface area contributed by atoms with Crippen LogP contribution < -0.4 is 0 Å². The van der Waals surface area contributed by atoms with Crippen molar-refractivity contribution in [3.63, 3.8) is 0 Å². The SMILES string of the molecule is C=Cc1cc(C(C)C)ccc1C(=C)C. The summed E-state index contributed by atoms with van der Waals surface area (Å²) in [7, 11) is 0. The Morgan fingerprint density at radius 3 is 2.43 bits per heavy atom. The lowest BCUT2D eigenvalue weighted by Crippen LogP contribution is -1.91. The zero-order chi connectivity index (χ0) is 10.7. The van der Waals surface area contributed by atoms with Crippen LogP contribution in [-0.4, -0.2) is 0 Å². The second-order valence-electron chi connectivity index (χ2n) is 3.99. The van der Waals surface area contributed by atoms with Gasteiger partial charge in [-0.2, -0.15) is 0 Å². The van der Waals surface area contributed by atoms with Gasteiger partial charge in [-0.25, -0.2) is 0 Å². The first kappa shape index (κ1) is 10.8. The van der Waals surface area contributed by atoms with Crippen LogP contribution >= 0.6 is 0 Å². The molecule has 0 saturated heterocycles. The highest BCUT2D eigenvalue weighted by atomic mass is 14.1. The average molecular weight is 186 g/mol. The Morgan fingerprint density at radius 1 is 1.36 bits per heavy atom. The minimum atomic E-state index is 0.563. The molecule has 0 unspecified atom stereocenters. The summed E-state index contributed by atoms with van der Waals surface area (Å²) in [6, 6.07) is 6.50. The molecule has 0 aliphatic carbocycles. The molecule has 0 aromatic heterocycles. The summed E-state index contributed by atoms with van der Waals surface area (Å²) in [5.41, 5.74) is 4.83. The van der Waals surface area contributed by atoms with Gasteiger partial charge in [0.25, 0.3) is 0 Å². The van der Waals surface area contributed by atoms with Crippen LogP contribution in [0, 0.1) is 0 Å². The van der Waals surface area contributed by atoms with Gasteiger partial charge in [-0.1, -0.05) is 56.9 Å². The molecule has 1 aromatic carbocycles. The van der Waals surface area contributed by atoms with E-state index in [0.717, 1.165) is 5.57 Å². The van der Waals surface area contributed by atoms with Crippen molar-refractivity contribution in [3.05, 3.63) is 48.0 Å². The topological polar surface area (TPSA) is 0 Å². The Balaban J connectivity index is 3.25. The van der Waals surface area contributed by atoms with Crippen molar-refractivity contribution in [2.75, 3.05) is 0 Å². The van der Waals surface area contributed by atoms with Crippen molar-refractivity contribution in [1.29, 1.82) is 0 Å². The zero-order valence-electron chi connectivity index (χ0n) is 9.30. The lowest BCUT2D eigenvalue weighted by atomic mass is 9.95. The van der Waals surface area contributed by atoms with Gasteiger partial charge >= 0.3 is 0 Å². The van der Waals surface area contributed by atoms with E-state index in [1.165, 1.54) is 16.7 Å². The lowest BCUT2D eigenvalue weighted by Gasteiger charge is -2.10. The van der Waals surface area contributed by atoms with E-state index >= 15 is 0 Å². The average Bonchev–Trinajstić information content (AvgIpc) is 2.16. The van der Waals surface area contributed by atoms with Gasteiger partial charge in [0.1, 0.15) is 0 Å². The van der Waals surface area contributed by atoms with Crippen molar-refractivity contribution < 1.29 is 0 Å². The molecule has 0 spiro atoms. The summed E-state index contributed by atoms with van der Waals surface area (Å²) in [5, 5.41) is 0.